The fraction of sp³-hybridized carbons (Fsp3) is 0.231. The first-order valence-corrected chi connectivity index (χ1v) is 5.12. The maximum Gasteiger partial charge on any atom is 0.127 e. The molecule has 0 fully saturated rings. The number of rotatable bonds is 1. The van der Waals surface area contributed by atoms with E-state index in [1.165, 1.54) is 5.56 Å². The van der Waals surface area contributed by atoms with Crippen molar-refractivity contribution in [2.75, 3.05) is 6.61 Å². The van der Waals surface area contributed by atoms with E-state index in [-0.39, 0.29) is 0 Å². The summed E-state index contributed by atoms with van der Waals surface area (Å²) < 4.78 is 18.4. The molecule has 0 amide bonds. The average molecular weight is 202 g/mol. The van der Waals surface area contributed by atoms with E-state index in [1.54, 1.807) is 0 Å². The molecule has 0 bridgehead atoms. The van der Waals surface area contributed by atoms with E-state index in [0.29, 0.717) is 0 Å². The molecule has 0 radical (unpaired) electrons. The summed E-state index contributed by atoms with van der Waals surface area (Å²) in [5.41, 5.74) is 2.02. The van der Waals surface area contributed by atoms with Gasteiger partial charge in [0.05, 0.1) is 6.61 Å². The van der Waals surface area contributed by atoms with Crippen LogP contribution < -0.4 is 4.74 Å². The first-order valence-electron chi connectivity index (χ1n) is 5.12. The lowest BCUT2D eigenvalue weighted by molar-refractivity contribution is 0.318. The second-order valence-corrected chi connectivity index (χ2v) is 3.79. The van der Waals surface area contributed by atoms with Crippen LogP contribution in [-0.2, 0) is 13.1 Å². The first kappa shape index (κ1) is 8.72. The molecule has 0 saturated heterocycles. The number of ether oxygens (including phenoxy) is 1. The van der Waals surface area contributed by atoms with Gasteiger partial charge in [-0.05, 0) is 22.6 Å². The van der Waals surface area contributed by atoms with Crippen molar-refractivity contribution in [2.45, 2.75) is 13.1 Å². The van der Waals surface area contributed by atoms with Crippen LogP contribution in [0.3, 0.4) is 0 Å². The van der Waals surface area contributed by atoms with Crippen molar-refractivity contribution >= 4 is 10.8 Å². The predicted octanol–water partition coefficient (Wildman–Crippen LogP) is 3.24. The number of halogens is 1. The van der Waals surface area contributed by atoms with E-state index in [9.17, 15) is 4.39 Å². The highest BCUT2D eigenvalue weighted by molar-refractivity contribution is 5.94. The van der Waals surface area contributed by atoms with E-state index in [1.807, 2.05) is 24.3 Å². The van der Waals surface area contributed by atoms with Gasteiger partial charge in [0.2, 0.25) is 0 Å². The Bertz CT molecular complexity index is 509. The highest BCUT2D eigenvalue weighted by atomic mass is 19.1. The molecule has 0 saturated carbocycles. The lowest BCUT2D eigenvalue weighted by Gasteiger charge is -2.19. The van der Waals surface area contributed by atoms with E-state index in [4.69, 9.17) is 4.74 Å². The third-order valence-corrected chi connectivity index (χ3v) is 2.95. The maximum atomic E-state index is 12.8. The summed E-state index contributed by atoms with van der Waals surface area (Å²) in [7, 11) is 0. The van der Waals surface area contributed by atoms with Crippen molar-refractivity contribution < 1.29 is 9.13 Å². The van der Waals surface area contributed by atoms with Gasteiger partial charge in [0.15, 0.2) is 0 Å². The predicted molar refractivity (Wildman–Crippen MR) is 58.0 cm³/mol. The van der Waals surface area contributed by atoms with Gasteiger partial charge >= 0.3 is 0 Å². The van der Waals surface area contributed by atoms with E-state index >= 15 is 0 Å². The quantitative estimate of drug-likeness (QED) is 0.689. The molecule has 0 atom stereocenters. The first-order chi connectivity index (χ1) is 7.40. The molecule has 2 heteroatoms. The Balaban J connectivity index is 2.43. The molecule has 0 spiro atoms. The van der Waals surface area contributed by atoms with Crippen molar-refractivity contribution in [1.29, 1.82) is 0 Å². The number of benzene rings is 2. The van der Waals surface area contributed by atoms with Gasteiger partial charge in [0, 0.05) is 11.8 Å². The summed E-state index contributed by atoms with van der Waals surface area (Å²) in [4.78, 5) is 0. The molecule has 1 aliphatic rings. The van der Waals surface area contributed by atoms with Crippen LogP contribution >= 0.6 is 0 Å². The number of hydrogen-bond acceptors (Lipinski definition) is 1. The van der Waals surface area contributed by atoms with Crippen molar-refractivity contribution in [3.05, 3.63) is 41.5 Å². The summed E-state index contributed by atoms with van der Waals surface area (Å²) in [6, 6.07) is 9.74. The number of alkyl halides is 1. The minimum absolute atomic E-state index is 0.416. The Morgan fingerprint density at radius 1 is 1.20 bits per heavy atom. The Labute approximate surface area is 87.5 Å². The van der Waals surface area contributed by atoms with Crippen molar-refractivity contribution in [2.24, 2.45) is 0 Å². The summed E-state index contributed by atoms with van der Waals surface area (Å²) in [6.45, 7) is 0.307. The molecule has 1 aliphatic heterocycles. The monoisotopic (exact) mass is 202 g/mol. The van der Waals surface area contributed by atoms with Crippen molar-refractivity contribution in [1.82, 2.24) is 0 Å². The van der Waals surface area contributed by atoms with E-state index in [0.717, 1.165) is 35.1 Å². The zero-order valence-electron chi connectivity index (χ0n) is 8.29. The molecule has 0 unspecified atom stereocenters. The summed E-state index contributed by atoms with van der Waals surface area (Å²) >= 11 is 0. The SMILES string of the molecule is FCc1ccc2c3c(cccc13)CCO2. The second-order valence-electron chi connectivity index (χ2n) is 3.79. The Kier molecular flexibility index (Phi) is 1.88. The lowest BCUT2D eigenvalue weighted by Crippen LogP contribution is -2.08. The fourth-order valence-corrected chi connectivity index (χ4v) is 2.22. The Hall–Kier alpha value is -1.57. The molecule has 3 rings (SSSR count). The molecule has 1 heterocycles. The van der Waals surface area contributed by atoms with Crippen LogP contribution in [0.1, 0.15) is 11.1 Å². The van der Waals surface area contributed by atoms with Crippen LogP contribution in [0.25, 0.3) is 10.8 Å². The summed E-state index contributed by atoms with van der Waals surface area (Å²) in [5, 5.41) is 2.09. The minimum atomic E-state index is -0.416. The van der Waals surface area contributed by atoms with Gasteiger partial charge in [-0.2, -0.15) is 0 Å². The van der Waals surface area contributed by atoms with Gasteiger partial charge in [-0.3, -0.25) is 0 Å². The standard InChI is InChI=1S/C13H11FO/c14-8-10-4-5-12-13-9(6-7-15-12)2-1-3-11(10)13/h1-5H,6-8H2. The molecule has 15 heavy (non-hydrogen) atoms. The van der Waals surface area contributed by atoms with Gasteiger partial charge in [-0.1, -0.05) is 24.3 Å². The van der Waals surface area contributed by atoms with Gasteiger partial charge < -0.3 is 4.74 Å². The smallest absolute Gasteiger partial charge is 0.127 e. The van der Waals surface area contributed by atoms with Crippen LogP contribution in [0.15, 0.2) is 30.3 Å². The van der Waals surface area contributed by atoms with Gasteiger partial charge in [0.1, 0.15) is 12.4 Å². The molecule has 0 aromatic heterocycles. The van der Waals surface area contributed by atoms with Crippen molar-refractivity contribution in [3.63, 3.8) is 0 Å². The summed E-state index contributed by atoms with van der Waals surface area (Å²) in [5.74, 6) is 0.893. The van der Waals surface area contributed by atoms with Gasteiger partial charge in [-0.25, -0.2) is 4.39 Å². The molecule has 0 N–H and O–H groups in total. The van der Waals surface area contributed by atoms with E-state index in [2.05, 4.69) is 6.07 Å². The van der Waals surface area contributed by atoms with Crippen LogP contribution in [-0.4, -0.2) is 6.61 Å². The number of hydrogen-bond donors (Lipinski definition) is 0. The third-order valence-electron chi connectivity index (χ3n) is 2.95. The van der Waals surface area contributed by atoms with Crippen LogP contribution in [0.2, 0.25) is 0 Å². The zero-order chi connectivity index (χ0) is 10.3. The zero-order valence-corrected chi connectivity index (χ0v) is 8.29. The molecule has 2 aromatic carbocycles. The van der Waals surface area contributed by atoms with Crippen LogP contribution in [0.4, 0.5) is 4.39 Å². The molecular formula is C13H11FO. The third kappa shape index (κ3) is 1.21. The largest absolute Gasteiger partial charge is 0.493 e. The topological polar surface area (TPSA) is 9.23 Å². The molecule has 2 aromatic rings. The average Bonchev–Trinajstić information content (AvgIpc) is 2.30. The van der Waals surface area contributed by atoms with Crippen LogP contribution in [0.5, 0.6) is 5.75 Å². The Morgan fingerprint density at radius 3 is 3.00 bits per heavy atom. The minimum Gasteiger partial charge on any atom is -0.493 e. The van der Waals surface area contributed by atoms with Gasteiger partial charge in [0.25, 0.3) is 0 Å². The fourth-order valence-electron chi connectivity index (χ4n) is 2.22. The maximum absolute atomic E-state index is 12.8. The molecule has 76 valence electrons. The van der Waals surface area contributed by atoms with Gasteiger partial charge in [-0.15, -0.1) is 0 Å². The normalized spacial score (nSPS) is 13.9. The van der Waals surface area contributed by atoms with Crippen molar-refractivity contribution in [3.8, 4) is 5.75 Å². The highest BCUT2D eigenvalue weighted by Gasteiger charge is 2.14. The second kappa shape index (κ2) is 3.23. The van der Waals surface area contributed by atoms with E-state index < -0.39 is 6.67 Å². The molecule has 1 nitrogen and oxygen atoms in total. The molecular weight excluding hydrogens is 191 g/mol. The lowest BCUT2D eigenvalue weighted by atomic mass is 9.96. The molecule has 0 aliphatic carbocycles. The highest BCUT2D eigenvalue weighted by Crippen LogP contribution is 2.34. The Morgan fingerprint density at radius 2 is 2.13 bits per heavy atom. The summed E-state index contributed by atoms with van der Waals surface area (Å²) in [6.07, 6.45) is 0.917. The van der Waals surface area contributed by atoms with Crippen LogP contribution in [0, 0.1) is 0 Å².